The molecule has 1 aliphatic rings. The smallest absolute Gasteiger partial charge is 0.266 e. The van der Waals surface area contributed by atoms with Crippen LogP contribution in [-0.2, 0) is 25.4 Å². The van der Waals surface area contributed by atoms with Crippen LogP contribution in [0.3, 0.4) is 0 Å². The van der Waals surface area contributed by atoms with E-state index in [1.807, 2.05) is 6.92 Å². The number of likely N-dealkylation sites (tertiary alicyclic amines) is 1. The minimum Gasteiger partial charge on any atom is -0.367 e. The molecule has 9 heteroatoms. The molecule has 1 aromatic carbocycles. The zero-order chi connectivity index (χ0) is 18.1. The van der Waals surface area contributed by atoms with E-state index in [-0.39, 0.29) is 35.2 Å². The highest BCUT2D eigenvalue weighted by molar-refractivity contribution is 7.89. The number of carbonyl (C=O) groups is 1. The number of hydrogen-bond acceptors (Lipinski definition) is 5. The fourth-order valence-corrected chi connectivity index (χ4v) is 4.55. The first-order chi connectivity index (χ1) is 11.2. The summed E-state index contributed by atoms with van der Waals surface area (Å²) in [5.41, 5.74) is -1.25. The standard InChI is InChI=1S/C15H21ClN2O5S/c1-4-9-18(23-3)24(21,22)13-10-11(5-6-12(13)16)15(20)8-7-14(19)17(15)2/h5-6,10,20H,4,7-9H2,1-3H3. The minimum absolute atomic E-state index is 0.0208. The topological polar surface area (TPSA) is 87.1 Å². The molecule has 0 aromatic heterocycles. The molecule has 0 aliphatic carbocycles. The van der Waals surface area contributed by atoms with E-state index >= 15 is 0 Å². The Morgan fingerprint density at radius 3 is 2.62 bits per heavy atom. The van der Waals surface area contributed by atoms with E-state index in [9.17, 15) is 18.3 Å². The van der Waals surface area contributed by atoms with Crippen molar-refractivity contribution in [3.63, 3.8) is 0 Å². The molecule has 134 valence electrons. The minimum atomic E-state index is -3.99. The van der Waals surface area contributed by atoms with Crippen molar-refractivity contribution in [2.24, 2.45) is 0 Å². The number of hydroxylamine groups is 1. The van der Waals surface area contributed by atoms with E-state index in [0.717, 1.165) is 4.47 Å². The summed E-state index contributed by atoms with van der Waals surface area (Å²) in [5.74, 6) is -0.207. The summed E-state index contributed by atoms with van der Waals surface area (Å²) in [6, 6.07) is 4.22. The monoisotopic (exact) mass is 376 g/mol. The zero-order valence-corrected chi connectivity index (χ0v) is 15.4. The quantitative estimate of drug-likeness (QED) is 0.763. The number of hydrogen-bond donors (Lipinski definition) is 1. The first-order valence-electron chi connectivity index (χ1n) is 7.54. The third kappa shape index (κ3) is 3.16. The van der Waals surface area contributed by atoms with Crippen molar-refractivity contribution in [3.05, 3.63) is 28.8 Å². The molecule has 0 saturated carbocycles. The molecule has 1 fully saturated rings. The largest absolute Gasteiger partial charge is 0.367 e. The molecule has 1 aromatic rings. The van der Waals surface area contributed by atoms with E-state index < -0.39 is 15.7 Å². The molecule has 2 rings (SSSR count). The fraction of sp³-hybridized carbons (Fsp3) is 0.533. The van der Waals surface area contributed by atoms with Gasteiger partial charge in [0.15, 0.2) is 5.72 Å². The van der Waals surface area contributed by atoms with Gasteiger partial charge in [0.1, 0.15) is 4.90 Å². The van der Waals surface area contributed by atoms with Crippen molar-refractivity contribution in [2.45, 2.75) is 36.8 Å². The first-order valence-corrected chi connectivity index (χ1v) is 9.36. The number of nitrogens with zero attached hydrogens (tertiary/aromatic N) is 2. The molecular formula is C15H21ClN2O5S. The molecule has 7 nitrogen and oxygen atoms in total. The van der Waals surface area contributed by atoms with Gasteiger partial charge in [-0.25, -0.2) is 8.42 Å². The van der Waals surface area contributed by atoms with Crippen LogP contribution < -0.4 is 0 Å². The summed E-state index contributed by atoms with van der Waals surface area (Å²) >= 11 is 6.08. The summed E-state index contributed by atoms with van der Waals surface area (Å²) in [6.45, 7) is 1.99. The van der Waals surface area contributed by atoms with Gasteiger partial charge < -0.3 is 10.0 Å². The molecule has 1 saturated heterocycles. The molecule has 1 heterocycles. The van der Waals surface area contributed by atoms with Gasteiger partial charge in [-0.05, 0) is 18.6 Å². The summed E-state index contributed by atoms with van der Waals surface area (Å²) in [7, 11) is -1.24. The number of carbonyl (C=O) groups excluding carboxylic acids is 1. The van der Waals surface area contributed by atoms with Crippen LogP contribution >= 0.6 is 11.6 Å². The Morgan fingerprint density at radius 1 is 1.46 bits per heavy atom. The Morgan fingerprint density at radius 2 is 2.12 bits per heavy atom. The molecule has 1 amide bonds. The Labute approximate surface area is 146 Å². The maximum Gasteiger partial charge on any atom is 0.266 e. The van der Waals surface area contributed by atoms with Gasteiger partial charge in [0, 0.05) is 32.0 Å². The average Bonchev–Trinajstić information content (AvgIpc) is 2.81. The molecule has 1 atom stereocenters. The predicted octanol–water partition coefficient (Wildman–Crippen LogP) is 1.70. The summed E-state index contributed by atoms with van der Waals surface area (Å²) in [6.07, 6.45) is 0.940. The van der Waals surface area contributed by atoms with Crippen molar-refractivity contribution in [1.82, 2.24) is 9.37 Å². The second-order valence-electron chi connectivity index (χ2n) is 5.63. The van der Waals surface area contributed by atoms with Crippen molar-refractivity contribution < 1.29 is 23.2 Å². The van der Waals surface area contributed by atoms with Gasteiger partial charge in [-0.3, -0.25) is 9.63 Å². The molecule has 0 bridgehead atoms. The van der Waals surface area contributed by atoms with Crippen LogP contribution in [-0.4, -0.2) is 49.5 Å². The van der Waals surface area contributed by atoms with Crippen LogP contribution in [0.4, 0.5) is 0 Å². The highest BCUT2D eigenvalue weighted by Gasteiger charge is 2.43. The number of benzene rings is 1. The first kappa shape index (κ1) is 19.1. The van der Waals surface area contributed by atoms with Crippen LogP contribution in [0, 0.1) is 0 Å². The second-order valence-corrected chi connectivity index (χ2v) is 7.83. The van der Waals surface area contributed by atoms with Gasteiger partial charge >= 0.3 is 0 Å². The number of amides is 1. The molecule has 1 unspecified atom stereocenters. The Hall–Kier alpha value is -1.19. The second kappa shape index (κ2) is 6.97. The van der Waals surface area contributed by atoms with Gasteiger partial charge in [-0.2, -0.15) is 0 Å². The Bertz CT molecular complexity index is 739. The van der Waals surface area contributed by atoms with Gasteiger partial charge in [-0.1, -0.05) is 29.1 Å². The maximum atomic E-state index is 12.7. The lowest BCUT2D eigenvalue weighted by Gasteiger charge is -2.31. The van der Waals surface area contributed by atoms with Gasteiger partial charge in [-0.15, -0.1) is 0 Å². The van der Waals surface area contributed by atoms with E-state index in [2.05, 4.69) is 0 Å². The lowest BCUT2D eigenvalue weighted by Crippen LogP contribution is -2.40. The summed E-state index contributed by atoms with van der Waals surface area (Å²) < 4.78 is 26.3. The molecule has 1 N–H and O–H groups in total. The average molecular weight is 377 g/mol. The Balaban J connectivity index is 2.52. The van der Waals surface area contributed by atoms with Crippen molar-refractivity contribution in [2.75, 3.05) is 20.7 Å². The summed E-state index contributed by atoms with van der Waals surface area (Å²) in [4.78, 5) is 17.7. The number of sulfonamides is 1. The van der Waals surface area contributed by atoms with E-state index in [1.54, 1.807) is 0 Å². The predicted molar refractivity (Wildman–Crippen MR) is 88.5 cm³/mol. The highest BCUT2D eigenvalue weighted by atomic mass is 35.5. The van der Waals surface area contributed by atoms with Crippen LogP contribution in [0.5, 0.6) is 0 Å². The number of rotatable bonds is 6. The van der Waals surface area contributed by atoms with Gasteiger partial charge in [0.05, 0.1) is 12.1 Å². The molecule has 1 aliphatic heterocycles. The van der Waals surface area contributed by atoms with Gasteiger partial charge in [0.2, 0.25) is 5.91 Å². The van der Waals surface area contributed by atoms with Crippen LogP contribution in [0.25, 0.3) is 0 Å². The highest BCUT2D eigenvalue weighted by Crippen LogP contribution is 2.38. The fourth-order valence-electron chi connectivity index (χ4n) is 2.71. The molecule has 24 heavy (non-hydrogen) atoms. The van der Waals surface area contributed by atoms with Crippen molar-refractivity contribution >= 4 is 27.5 Å². The third-order valence-corrected chi connectivity index (χ3v) is 6.37. The lowest BCUT2D eigenvalue weighted by atomic mass is 10.0. The van der Waals surface area contributed by atoms with Gasteiger partial charge in [0.25, 0.3) is 10.0 Å². The number of aliphatic hydroxyl groups is 1. The van der Waals surface area contributed by atoms with E-state index in [0.29, 0.717) is 12.0 Å². The summed E-state index contributed by atoms with van der Waals surface area (Å²) in [5, 5.41) is 10.8. The van der Waals surface area contributed by atoms with Crippen LogP contribution in [0.15, 0.2) is 23.1 Å². The van der Waals surface area contributed by atoms with Crippen LogP contribution in [0.1, 0.15) is 31.7 Å². The van der Waals surface area contributed by atoms with Crippen molar-refractivity contribution in [1.29, 1.82) is 0 Å². The Kier molecular flexibility index (Phi) is 5.56. The number of halogens is 1. The molecule has 0 radical (unpaired) electrons. The van der Waals surface area contributed by atoms with E-state index in [4.69, 9.17) is 16.4 Å². The van der Waals surface area contributed by atoms with E-state index in [1.165, 1.54) is 37.3 Å². The zero-order valence-electron chi connectivity index (χ0n) is 13.8. The molecular weight excluding hydrogens is 356 g/mol. The lowest BCUT2D eigenvalue weighted by molar-refractivity contribution is -0.142. The SMILES string of the molecule is CCCN(OC)S(=O)(=O)c1cc(C2(O)CCC(=O)N2C)ccc1Cl. The molecule has 0 spiro atoms. The van der Waals surface area contributed by atoms with Crippen molar-refractivity contribution in [3.8, 4) is 0 Å². The third-order valence-electron chi connectivity index (χ3n) is 4.17. The maximum absolute atomic E-state index is 12.7. The van der Waals surface area contributed by atoms with Crippen LogP contribution in [0.2, 0.25) is 5.02 Å². The normalized spacial score (nSPS) is 21.8.